The van der Waals surface area contributed by atoms with Crippen molar-refractivity contribution in [1.29, 1.82) is 0 Å². The van der Waals surface area contributed by atoms with Gasteiger partial charge < -0.3 is 9.53 Å². The zero-order chi connectivity index (χ0) is 6.41. The summed E-state index contributed by atoms with van der Waals surface area (Å²) in [7, 11) is 0. The number of ether oxygens (including phenoxy) is 1. The third-order valence-electron chi connectivity index (χ3n) is 0.555. The summed E-state index contributed by atoms with van der Waals surface area (Å²) < 4.78 is 4.41. The number of carbonyl (C=O) groups excluding carboxylic acids is 2. The average molecular weight is 116 g/mol. The Hall–Kier alpha value is -0.860. The third kappa shape index (κ3) is 3.33. The molecule has 0 N–H and O–H groups in total. The molecule has 0 bridgehead atoms. The van der Waals surface area contributed by atoms with Gasteiger partial charge in [-0.15, -0.1) is 0 Å². The second-order valence-corrected chi connectivity index (χ2v) is 1.18. The van der Waals surface area contributed by atoms with Gasteiger partial charge in [-0.25, -0.2) is 0 Å². The molecule has 0 spiro atoms. The fourth-order valence-electron chi connectivity index (χ4n) is 0.288. The van der Waals surface area contributed by atoms with Crippen molar-refractivity contribution in [2.75, 3.05) is 6.61 Å². The van der Waals surface area contributed by atoms with E-state index in [4.69, 9.17) is 0 Å². The van der Waals surface area contributed by atoms with Gasteiger partial charge in [0.2, 0.25) is 0 Å². The first-order valence-corrected chi connectivity index (χ1v) is 2.40. The van der Waals surface area contributed by atoms with E-state index in [0.717, 1.165) is 0 Å². The topological polar surface area (TPSA) is 43.4 Å². The van der Waals surface area contributed by atoms with Crippen molar-refractivity contribution in [2.45, 2.75) is 13.3 Å². The Bertz CT molecular complexity index is 87.7. The number of esters is 1. The number of rotatable bonds is 3. The van der Waals surface area contributed by atoms with E-state index >= 15 is 0 Å². The largest absolute Gasteiger partial charge is 0.466 e. The Kier molecular flexibility index (Phi) is 3.84. The molecule has 0 aromatic carbocycles. The summed E-state index contributed by atoms with van der Waals surface area (Å²) >= 11 is 0. The van der Waals surface area contributed by atoms with Gasteiger partial charge in [0.15, 0.2) is 0 Å². The Morgan fingerprint density at radius 2 is 2.38 bits per heavy atom. The van der Waals surface area contributed by atoms with Gasteiger partial charge in [-0.2, -0.15) is 0 Å². The molecular weight excluding hydrogens is 108 g/mol. The van der Waals surface area contributed by atoms with E-state index in [1.165, 1.54) is 0 Å². The van der Waals surface area contributed by atoms with E-state index in [0.29, 0.717) is 12.9 Å². The van der Waals surface area contributed by atoms with Gasteiger partial charge in [0.1, 0.15) is 12.7 Å². The van der Waals surface area contributed by atoms with Crippen LogP contribution in [-0.2, 0) is 14.3 Å². The predicted molar refractivity (Wildman–Crippen MR) is 27.3 cm³/mol. The zero-order valence-electron chi connectivity index (χ0n) is 4.72. The third-order valence-corrected chi connectivity index (χ3v) is 0.555. The molecule has 0 radical (unpaired) electrons. The molecule has 3 heteroatoms. The second kappa shape index (κ2) is 4.30. The Morgan fingerprint density at radius 1 is 1.75 bits per heavy atom. The fraction of sp³-hybridized carbons (Fsp3) is 0.600. The lowest BCUT2D eigenvalue weighted by atomic mass is 10.5. The molecule has 0 aliphatic rings. The van der Waals surface area contributed by atoms with Crippen molar-refractivity contribution < 1.29 is 14.3 Å². The van der Waals surface area contributed by atoms with Crippen LogP contribution in [0.25, 0.3) is 0 Å². The highest BCUT2D eigenvalue weighted by molar-refractivity contribution is 5.83. The van der Waals surface area contributed by atoms with E-state index < -0.39 is 5.97 Å². The molecule has 0 fully saturated rings. The molecule has 0 unspecified atom stereocenters. The second-order valence-electron chi connectivity index (χ2n) is 1.18. The SMILES string of the molecule is CCOC(=O)CC=O. The quantitative estimate of drug-likeness (QED) is 0.299. The van der Waals surface area contributed by atoms with Crippen LogP contribution in [0.1, 0.15) is 13.3 Å². The normalized spacial score (nSPS) is 8.12. The van der Waals surface area contributed by atoms with Gasteiger partial charge in [0.25, 0.3) is 0 Å². The van der Waals surface area contributed by atoms with Gasteiger partial charge in [0, 0.05) is 0 Å². The van der Waals surface area contributed by atoms with Crippen molar-refractivity contribution in [3.8, 4) is 0 Å². The summed E-state index contributed by atoms with van der Waals surface area (Å²) in [4.78, 5) is 19.8. The lowest BCUT2D eigenvalue weighted by Crippen LogP contribution is -2.03. The molecule has 0 aliphatic heterocycles. The zero-order valence-corrected chi connectivity index (χ0v) is 4.72. The molecule has 8 heavy (non-hydrogen) atoms. The number of carbonyl (C=O) groups is 2. The van der Waals surface area contributed by atoms with Crippen LogP contribution >= 0.6 is 0 Å². The minimum atomic E-state index is -0.456. The Morgan fingerprint density at radius 3 is 2.75 bits per heavy atom. The highest BCUT2D eigenvalue weighted by Gasteiger charge is 1.95. The molecular formula is C5H8O3. The first-order chi connectivity index (χ1) is 3.81. The monoisotopic (exact) mass is 116 g/mol. The molecule has 0 amide bonds. The summed E-state index contributed by atoms with van der Waals surface area (Å²) in [5, 5.41) is 0. The van der Waals surface area contributed by atoms with Crippen LogP contribution in [0, 0.1) is 0 Å². The van der Waals surface area contributed by atoms with Gasteiger partial charge in [0.05, 0.1) is 6.61 Å². The van der Waals surface area contributed by atoms with Crippen LogP contribution in [0.5, 0.6) is 0 Å². The van der Waals surface area contributed by atoms with Crippen LogP contribution in [0.2, 0.25) is 0 Å². The molecule has 0 saturated carbocycles. The van der Waals surface area contributed by atoms with Crippen molar-refractivity contribution >= 4 is 12.3 Å². The van der Waals surface area contributed by atoms with Gasteiger partial charge in [-0.05, 0) is 6.92 Å². The van der Waals surface area contributed by atoms with Crippen LogP contribution in [0.15, 0.2) is 0 Å². The van der Waals surface area contributed by atoms with Crippen LogP contribution in [-0.4, -0.2) is 18.9 Å². The van der Waals surface area contributed by atoms with E-state index in [1.54, 1.807) is 6.92 Å². The van der Waals surface area contributed by atoms with Crippen molar-refractivity contribution in [3.05, 3.63) is 0 Å². The minimum Gasteiger partial charge on any atom is -0.466 e. The smallest absolute Gasteiger partial charge is 0.312 e. The molecule has 0 rings (SSSR count). The molecule has 0 aliphatic carbocycles. The highest BCUT2D eigenvalue weighted by atomic mass is 16.5. The number of hydrogen-bond acceptors (Lipinski definition) is 3. The average Bonchev–Trinajstić information content (AvgIpc) is 1.68. The Labute approximate surface area is 47.6 Å². The molecule has 0 saturated heterocycles. The summed E-state index contributed by atoms with van der Waals surface area (Å²) in [6, 6.07) is 0. The maximum Gasteiger partial charge on any atom is 0.312 e. The van der Waals surface area contributed by atoms with Gasteiger partial charge >= 0.3 is 5.97 Å². The van der Waals surface area contributed by atoms with Crippen molar-refractivity contribution in [2.24, 2.45) is 0 Å². The Balaban J connectivity index is 3.18. The summed E-state index contributed by atoms with van der Waals surface area (Å²) in [5.41, 5.74) is 0. The lowest BCUT2D eigenvalue weighted by molar-refractivity contribution is -0.143. The van der Waals surface area contributed by atoms with E-state index in [-0.39, 0.29) is 6.42 Å². The van der Waals surface area contributed by atoms with E-state index in [9.17, 15) is 9.59 Å². The molecule has 0 aromatic heterocycles. The number of aldehydes is 1. The lowest BCUT2D eigenvalue weighted by Gasteiger charge is -1.93. The number of hydrogen-bond donors (Lipinski definition) is 0. The fourth-order valence-corrected chi connectivity index (χ4v) is 0.288. The molecule has 0 atom stereocenters. The maximum absolute atomic E-state index is 10.2. The van der Waals surface area contributed by atoms with E-state index in [2.05, 4.69) is 4.74 Å². The highest BCUT2D eigenvalue weighted by Crippen LogP contribution is 1.79. The summed E-state index contributed by atoms with van der Waals surface area (Å²) in [6.07, 6.45) is 0.395. The maximum atomic E-state index is 10.2. The summed E-state index contributed by atoms with van der Waals surface area (Å²) in [6.45, 7) is 2.04. The molecule has 3 nitrogen and oxygen atoms in total. The summed E-state index contributed by atoms with van der Waals surface area (Å²) in [5.74, 6) is -0.456. The molecule has 0 heterocycles. The molecule has 46 valence electrons. The van der Waals surface area contributed by atoms with E-state index in [1.807, 2.05) is 0 Å². The minimum absolute atomic E-state index is 0.131. The van der Waals surface area contributed by atoms with Crippen LogP contribution in [0.4, 0.5) is 0 Å². The van der Waals surface area contributed by atoms with Gasteiger partial charge in [-0.3, -0.25) is 4.79 Å². The molecule has 0 aromatic rings. The van der Waals surface area contributed by atoms with Crippen LogP contribution < -0.4 is 0 Å². The van der Waals surface area contributed by atoms with Crippen LogP contribution in [0.3, 0.4) is 0 Å². The first kappa shape index (κ1) is 7.14. The van der Waals surface area contributed by atoms with Crippen molar-refractivity contribution in [3.63, 3.8) is 0 Å². The predicted octanol–water partition coefficient (Wildman–Crippen LogP) is 0.139. The first-order valence-electron chi connectivity index (χ1n) is 2.40. The standard InChI is InChI=1S/C5H8O3/c1-2-8-5(7)3-4-6/h4H,2-3H2,1H3. The van der Waals surface area contributed by atoms with Gasteiger partial charge in [-0.1, -0.05) is 0 Å². The van der Waals surface area contributed by atoms with Crippen molar-refractivity contribution in [1.82, 2.24) is 0 Å².